The van der Waals surface area contributed by atoms with E-state index in [2.05, 4.69) is 70.5 Å². The molecule has 8 rings (SSSR count). The highest BCUT2D eigenvalue weighted by Gasteiger charge is 2.18. The van der Waals surface area contributed by atoms with E-state index in [0.29, 0.717) is 45.5 Å². The molecule has 0 aliphatic carbocycles. The van der Waals surface area contributed by atoms with Gasteiger partial charge < -0.3 is 204 Å². The average Bonchev–Trinajstić information content (AvgIpc) is 0.838. The molecule has 0 aliphatic rings. The number of aromatic hydroxyl groups is 16. The largest absolute Gasteiger partial charge is 0.504 e. The lowest BCUT2D eigenvalue weighted by atomic mass is 10.2. The molecule has 130 heavy (non-hydrogen) atoms. The molecule has 54 N–H and O–H groups in total. The summed E-state index contributed by atoms with van der Waals surface area (Å²) < 4.78 is 0. The Kier molecular flexibility index (Phi) is 43.9. The highest BCUT2D eigenvalue weighted by molar-refractivity contribution is 6.06. The van der Waals surface area contributed by atoms with Crippen LogP contribution < -0.4 is 122 Å². The molecule has 0 atom stereocenters. The van der Waals surface area contributed by atoms with Crippen LogP contribution in [0.15, 0.2) is 206 Å². The van der Waals surface area contributed by atoms with E-state index in [1.165, 1.54) is 187 Å². The van der Waals surface area contributed by atoms with Gasteiger partial charge in [0.25, 0.3) is 0 Å². The van der Waals surface area contributed by atoms with Crippen molar-refractivity contribution in [1.29, 1.82) is 21.6 Å². The van der Waals surface area contributed by atoms with Crippen molar-refractivity contribution in [3.8, 4) is 92.0 Å². The molecule has 0 bridgehead atoms. The van der Waals surface area contributed by atoms with E-state index < -0.39 is 0 Å². The summed E-state index contributed by atoms with van der Waals surface area (Å²) in [6.07, 6.45) is 0. The van der Waals surface area contributed by atoms with Crippen molar-refractivity contribution in [3.05, 3.63) is 146 Å². The van der Waals surface area contributed by atoms with Crippen molar-refractivity contribution in [2.45, 2.75) is 0 Å². The van der Waals surface area contributed by atoms with Gasteiger partial charge in [0.15, 0.2) is 128 Å². The predicted molar refractivity (Wildman–Crippen MR) is 505 cm³/mol. The summed E-state index contributed by atoms with van der Waals surface area (Å²) >= 11 is 0. The second-order valence-electron chi connectivity index (χ2n) is 24.8. The smallest absolute Gasteiger partial charge is 0.227 e. The van der Waals surface area contributed by atoms with Crippen LogP contribution >= 0.6 is 0 Å². The predicted octanol–water partition coefficient (Wildman–Crippen LogP) is -1.65. The number of nitrogens with one attached hydrogen (secondary N) is 6. The maximum absolute atomic E-state index is 9.38. The third kappa shape index (κ3) is 38.5. The van der Waals surface area contributed by atoms with E-state index in [1.54, 1.807) is 58.3 Å². The van der Waals surface area contributed by atoms with Gasteiger partial charge in [-0.15, -0.1) is 0 Å². The van der Waals surface area contributed by atoms with Crippen LogP contribution in [-0.2, 0) is 0 Å². The van der Waals surface area contributed by atoms with Crippen molar-refractivity contribution in [3.63, 3.8) is 0 Å². The maximum Gasteiger partial charge on any atom is 0.227 e. The molecule has 56 nitrogen and oxygen atoms in total. The SMILES string of the molecule is CN(C(=N)N)C(=N)N(C)c1ccc(O)c(O)c1.CN(C(=N)N)C(N)=Nc1ccc(O)c(O)c1.CN(C(=N)N=C(N)N)c1ccc(O)c(O)c1.CN=C(N)N=C(N)N(C)c1ccc(O)c(O)c1.CN=C(N)N=C(N)Nc1ccc(O)c(O)c1.CN=C(N=C(N)N)N(C)c1ccc(O)c(O)c1.CN=C(N=C(N)N)Nc1ccc(O)c(O)c1.NC(N)=NC(N)=Nc1ccc(O)c(O)c1. The fraction of sp³-hybridized carbons (Fsp3) is 0.135. The number of phenolic OH excluding ortho intramolecular Hbond substituents is 16. The average molecular weight is 1810 g/mol. The molecule has 0 aromatic heterocycles. The Morgan fingerprint density at radius 1 is 0.277 bits per heavy atom. The highest BCUT2D eigenvalue weighted by Crippen LogP contribution is 2.35. The fourth-order valence-electron chi connectivity index (χ4n) is 8.26. The van der Waals surface area contributed by atoms with Crippen LogP contribution in [0, 0.1) is 21.6 Å². The summed E-state index contributed by atoms with van der Waals surface area (Å²) in [6, 6.07) is 33.2. The van der Waals surface area contributed by atoms with Gasteiger partial charge >= 0.3 is 0 Å². The Morgan fingerprint density at radius 3 is 0.938 bits per heavy atom. The number of phenols is 16. The van der Waals surface area contributed by atoms with E-state index in [0.717, 1.165) is 0 Å². The lowest BCUT2D eigenvalue weighted by molar-refractivity contribution is 0.404. The van der Waals surface area contributed by atoms with Gasteiger partial charge in [0, 0.05) is 153 Å². The molecule has 0 fully saturated rings. The topological polar surface area (TPSA) is 1030 Å². The lowest BCUT2D eigenvalue weighted by Gasteiger charge is -2.26. The van der Waals surface area contributed by atoms with Gasteiger partial charge in [-0.2, -0.15) is 30.0 Å². The van der Waals surface area contributed by atoms with Crippen LogP contribution in [0.25, 0.3) is 0 Å². The van der Waals surface area contributed by atoms with Crippen LogP contribution in [0.5, 0.6) is 92.0 Å². The summed E-state index contributed by atoms with van der Waals surface area (Å²) in [7, 11) is 15.5. The normalized spacial score (nSPS) is 11.1. The van der Waals surface area contributed by atoms with Gasteiger partial charge in [-0.3, -0.25) is 51.4 Å². The molecule has 0 aliphatic heterocycles. The number of nitrogens with zero attached hydrogens (tertiary/aromatic N) is 18. The van der Waals surface area contributed by atoms with Crippen molar-refractivity contribution >= 4 is 141 Å². The summed E-state index contributed by atoms with van der Waals surface area (Å²) in [4.78, 5) is 52.9. The first kappa shape index (κ1) is 108. The van der Waals surface area contributed by atoms with E-state index in [-0.39, 0.29) is 187 Å². The van der Waals surface area contributed by atoms with Gasteiger partial charge in [0.1, 0.15) is 0 Å². The number of rotatable bonds is 8. The molecular formula is C74H108N40O16. The third-order valence-electron chi connectivity index (χ3n) is 15.2. The number of aliphatic imine (C=N–C) groups is 12. The van der Waals surface area contributed by atoms with Gasteiger partial charge in [0.2, 0.25) is 59.6 Å². The van der Waals surface area contributed by atoms with E-state index in [4.69, 9.17) is 144 Å². The minimum absolute atomic E-state index is 0.0117. The van der Waals surface area contributed by atoms with Gasteiger partial charge in [-0.25, -0.2) is 9.98 Å². The first-order valence-electron chi connectivity index (χ1n) is 35.7. The molecule has 0 spiro atoms. The number of guanidine groups is 16. The van der Waals surface area contributed by atoms with E-state index in [9.17, 15) is 51.1 Å². The molecule has 0 heterocycles. The molecule has 8 aromatic carbocycles. The van der Waals surface area contributed by atoms with Gasteiger partial charge in [-0.05, 0) is 97.1 Å². The molecular weight excluding hydrogens is 1710 g/mol. The zero-order valence-electron chi connectivity index (χ0n) is 71.3. The Labute approximate surface area is 741 Å². The minimum atomic E-state index is -0.297. The number of hydrogen-bond acceptors (Lipinski definition) is 26. The second kappa shape index (κ2) is 52.6. The Morgan fingerprint density at radius 2 is 0.600 bits per heavy atom. The molecule has 0 amide bonds. The van der Waals surface area contributed by atoms with Crippen LogP contribution in [0.4, 0.5) is 45.5 Å². The quantitative estimate of drug-likeness (QED) is 0.0351. The lowest BCUT2D eigenvalue weighted by Crippen LogP contribution is -2.45. The molecule has 0 saturated carbocycles. The molecule has 0 unspecified atom stereocenters. The monoisotopic (exact) mass is 1810 g/mol. The van der Waals surface area contributed by atoms with Crippen molar-refractivity contribution in [2.75, 3.05) is 101 Å². The zero-order chi connectivity index (χ0) is 99.4. The van der Waals surface area contributed by atoms with Crippen LogP contribution in [0.2, 0.25) is 0 Å². The summed E-state index contributed by atoms with van der Waals surface area (Å²) in [6.45, 7) is 0. The second-order valence-corrected chi connectivity index (χ2v) is 24.8. The summed E-state index contributed by atoms with van der Waals surface area (Å²) in [5, 5.41) is 182. The molecule has 8 aromatic rings. The summed E-state index contributed by atoms with van der Waals surface area (Å²) in [5.41, 5.74) is 88.4. The van der Waals surface area contributed by atoms with Crippen LogP contribution in [0.3, 0.4) is 0 Å². The Hall–Kier alpha value is -19.5. The first-order chi connectivity index (χ1) is 60.6. The molecule has 0 radical (unpaired) electrons. The maximum atomic E-state index is 9.38. The van der Waals surface area contributed by atoms with Crippen molar-refractivity contribution in [1.82, 2.24) is 9.80 Å². The minimum Gasteiger partial charge on any atom is -0.504 e. The number of hydrogen-bond donors (Lipinski definition) is 38. The molecule has 56 heteroatoms. The van der Waals surface area contributed by atoms with E-state index in [1.807, 2.05) is 0 Å². The molecule has 700 valence electrons. The third-order valence-corrected chi connectivity index (χ3v) is 15.2. The van der Waals surface area contributed by atoms with Gasteiger partial charge in [-0.1, -0.05) is 0 Å². The van der Waals surface area contributed by atoms with Crippen LogP contribution in [0.1, 0.15) is 0 Å². The standard InChI is InChI=1S/3C10H15N5O2.4C9H13N5O2.C8H11N5O2/c1-13-9(11)14-10(12)15(2)6-3-4-7(16)8(17)5-6;1-14(10(13)15(2)9(11)12)6-3-4-7(16)8(17)5-6;1-13-10(14-9(11)12)15(2)6-3-4-7(16)8(17)5-6;1-12-8(10)14-9(11)13-5-2-3-6(15)7(16)4-5;1-14(9(12)13-8(10)11)5-2-3-6(15)7(16)4-5;1-14(8(10)11)9(12)13-5-2-3-6(15)7(16)4-5;1-12-9(14-8(10)11)13-5-2-3-6(15)7(16)4-5;9-7(10)13-8(11)12-4-1-2-5(14)6(15)3-4/h3-5,16-17H,1-2H3,(H4,11,12,13,14);3-5,13,16-17H,1-2H3,(H3,11,12);3-5,16-17H,1-2H3,(H4,11,12,13,14);2-4,15-16H,1H3,(H5,10,11,12,13,14);2-4,15-16H,1H3,(H5,10,11,12,13);2-4,15-16H,1H3,(H3,10,11)(H2,12,13);2-4,15-16H,1H3,(H5,10,11,12,13,14);1-3,14-15H,(H6,9,10,11,12,13). The Bertz CT molecular complexity index is 5610. The van der Waals surface area contributed by atoms with E-state index >= 15 is 0 Å². The fourth-order valence-corrected chi connectivity index (χ4v) is 8.26. The first-order valence-corrected chi connectivity index (χ1v) is 35.7. The van der Waals surface area contributed by atoms with Crippen molar-refractivity contribution in [2.24, 2.45) is 152 Å². The summed E-state index contributed by atoms with van der Waals surface area (Å²) in [5.74, 6) is -4.63. The van der Waals surface area contributed by atoms with Crippen LogP contribution in [-0.4, -0.2) is 257 Å². The number of anilines is 6. The number of benzene rings is 8. The van der Waals surface area contributed by atoms with Gasteiger partial charge in [0.05, 0.1) is 11.4 Å². The number of nitrogens with two attached hydrogens (primary N) is 16. The molecule has 0 saturated heterocycles. The Balaban J connectivity index is 0.000000743. The van der Waals surface area contributed by atoms with Crippen molar-refractivity contribution < 1.29 is 81.7 Å². The zero-order valence-corrected chi connectivity index (χ0v) is 71.3. The highest BCUT2D eigenvalue weighted by atomic mass is 16.3.